The highest BCUT2D eigenvalue weighted by atomic mass is 32.2. The SMILES string of the molecule is CCS(=O)(=O)NCC(=O)N1CCC(c2cc(C)ccc2C)CC1. The predicted molar refractivity (Wildman–Crippen MR) is 91.9 cm³/mol. The maximum Gasteiger partial charge on any atom is 0.237 e. The Bertz CT molecular complexity index is 662. The summed E-state index contributed by atoms with van der Waals surface area (Å²) in [5.41, 5.74) is 3.94. The number of piperidine rings is 1. The molecule has 0 spiro atoms. The van der Waals surface area contributed by atoms with Gasteiger partial charge in [0.25, 0.3) is 0 Å². The van der Waals surface area contributed by atoms with Crippen molar-refractivity contribution in [3.63, 3.8) is 0 Å². The first-order valence-corrected chi connectivity index (χ1v) is 9.80. The molecule has 0 bridgehead atoms. The summed E-state index contributed by atoms with van der Waals surface area (Å²) < 4.78 is 25.2. The second-order valence-corrected chi connectivity index (χ2v) is 8.34. The van der Waals surface area contributed by atoms with Crippen LogP contribution in [-0.4, -0.2) is 44.6 Å². The number of nitrogens with one attached hydrogen (secondary N) is 1. The number of hydrogen-bond acceptors (Lipinski definition) is 3. The molecule has 1 aliphatic rings. The van der Waals surface area contributed by atoms with Crippen LogP contribution in [0, 0.1) is 13.8 Å². The highest BCUT2D eigenvalue weighted by molar-refractivity contribution is 7.89. The average Bonchev–Trinajstić information content (AvgIpc) is 2.55. The number of amides is 1. The molecule has 1 amide bonds. The monoisotopic (exact) mass is 338 g/mol. The standard InChI is InChI=1S/C17H26N2O3S/c1-4-23(21,22)18-12-17(20)19-9-7-15(8-10-19)16-11-13(2)5-6-14(16)3/h5-6,11,15,18H,4,7-10,12H2,1-3H3. The second-order valence-electron chi connectivity index (χ2n) is 6.24. The number of sulfonamides is 1. The molecule has 1 fully saturated rings. The molecule has 0 aromatic heterocycles. The summed E-state index contributed by atoms with van der Waals surface area (Å²) in [5, 5.41) is 0. The molecular weight excluding hydrogens is 312 g/mol. The minimum absolute atomic E-state index is 0.00497. The van der Waals surface area contributed by atoms with Gasteiger partial charge in [0.2, 0.25) is 15.9 Å². The van der Waals surface area contributed by atoms with E-state index in [9.17, 15) is 13.2 Å². The van der Waals surface area contributed by atoms with Gasteiger partial charge in [-0.3, -0.25) is 4.79 Å². The summed E-state index contributed by atoms with van der Waals surface area (Å²) in [5.74, 6) is 0.336. The van der Waals surface area contributed by atoms with E-state index >= 15 is 0 Å². The molecule has 0 aliphatic carbocycles. The number of likely N-dealkylation sites (tertiary alicyclic amines) is 1. The summed E-state index contributed by atoms with van der Waals surface area (Å²) in [6.45, 7) is 7.02. The van der Waals surface area contributed by atoms with Crippen molar-refractivity contribution in [2.75, 3.05) is 25.4 Å². The van der Waals surface area contributed by atoms with Gasteiger partial charge in [0, 0.05) is 13.1 Å². The van der Waals surface area contributed by atoms with Crippen LogP contribution in [0.25, 0.3) is 0 Å². The molecular formula is C17H26N2O3S. The molecule has 0 unspecified atom stereocenters. The van der Waals surface area contributed by atoms with Gasteiger partial charge >= 0.3 is 0 Å². The van der Waals surface area contributed by atoms with E-state index in [1.165, 1.54) is 16.7 Å². The Morgan fingerprint density at radius 3 is 2.52 bits per heavy atom. The lowest BCUT2D eigenvalue weighted by Crippen LogP contribution is -2.44. The number of carbonyl (C=O) groups is 1. The van der Waals surface area contributed by atoms with Crippen molar-refractivity contribution in [3.05, 3.63) is 34.9 Å². The average molecular weight is 338 g/mol. The summed E-state index contributed by atoms with van der Waals surface area (Å²) in [6, 6.07) is 6.52. The second kappa shape index (κ2) is 7.45. The molecule has 6 heteroatoms. The van der Waals surface area contributed by atoms with Gasteiger partial charge in [-0.2, -0.15) is 0 Å². The van der Waals surface area contributed by atoms with Crippen LogP contribution in [0.15, 0.2) is 18.2 Å². The van der Waals surface area contributed by atoms with Crippen LogP contribution in [-0.2, 0) is 14.8 Å². The fourth-order valence-electron chi connectivity index (χ4n) is 3.03. The molecule has 1 aromatic carbocycles. The highest BCUT2D eigenvalue weighted by Gasteiger charge is 2.25. The summed E-state index contributed by atoms with van der Waals surface area (Å²) in [7, 11) is -3.31. The first-order valence-electron chi connectivity index (χ1n) is 8.14. The van der Waals surface area contributed by atoms with Gasteiger partial charge in [0.15, 0.2) is 0 Å². The van der Waals surface area contributed by atoms with Crippen molar-refractivity contribution in [2.24, 2.45) is 0 Å². The smallest absolute Gasteiger partial charge is 0.237 e. The molecule has 0 radical (unpaired) electrons. The molecule has 1 N–H and O–H groups in total. The summed E-state index contributed by atoms with van der Waals surface area (Å²) in [4.78, 5) is 13.9. The van der Waals surface area contributed by atoms with E-state index in [2.05, 4.69) is 36.8 Å². The quantitative estimate of drug-likeness (QED) is 0.892. The third-order valence-electron chi connectivity index (χ3n) is 4.55. The van der Waals surface area contributed by atoms with Crippen LogP contribution in [0.2, 0.25) is 0 Å². The van der Waals surface area contributed by atoms with Gasteiger partial charge in [-0.25, -0.2) is 13.1 Å². The third-order valence-corrected chi connectivity index (χ3v) is 5.89. The number of hydrogen-bond donors (Lipinski definition) is 1. The van der Waals surface area contributed by atoms with Crippen molar-refractivity contribution in [3.8, 4) is 0 Å². The maximum absolute atomic E-state index is 12.1. The zero-order valence-electron chi connectivity index (χ0n) is 14.1. The highest BCUT2D eigenvalue weighted by Crippen LogP contribution is 2.30. The number of nitrogens with zero attached hydrogens (tertiary/aromatic N) is 1. The molecule has 0 atom stereocenters. The summed E-state index contributed by atoms with van der Waals surface area (Å²) in [6.07, 6.45) is 1.85. The van der Waals surface area contributed by atoms with Gasteiger partial charge < -0.3 is 4.90 Å². The molecule has 1 saturated heterocycles. The van der Waals surface area contributed by atoms with Gasteiger partial charge in [-0.05, 0) is 50.7 Å². The van der Waals surface area contributed by atoms with Crippen molar-refractivity contribution >= 4 is 15.9 Å². The van der Waals surface area contributed by atoms with Crippen molar-refractivity contribution in [1.29, 1.82) is 0 Å². The van der Waals surface area contributed by atoms with Gasteiger partial charge in [0.1, 0.15) is 0 Å². The van der Waals surface area contributed by atoms with Crippen LogP contribution in [0.1, 0.15) is 42.4 Å². The molecule has 0 saturated carbocycles. The van der Waals surface area contributed by atoms with E-state index in [1.54, 1.807) is 11.8 Å². The first kappa shape index (κ1) is 17.9. The molecule has 1 heterocycles. The Morgan fingerprint density at radius 1 is 1.26 bits per heavy atom. The molecule has 23 heavy (non-hydrogen) atoms. The van der Waals surface area contributed by atoms with E-state index < -0.39 is 10.0 Å². The van der Waals surface area contributed by atoms with Crippen molar-refractivity contribution in [1.82, 2.24) is 9.62 Å². The Hall–Kier alpha value is -1.40. The van der Waals surface area contributed by atoms with Crippen LogP contribution < -0.4 is 4.72 Å². The third kappa shape index (κ3) is 4.78. The number of aryl methyl sites for hydroxylation is 2. The van der Waals surface area contributed by atoms with Crippen LogP contribution in [0.4, 0.5) is 0 Å². The number of carbonyl (C=O) groups excluding carboxylic acids is 1. The summed E-state index contributed by atoms with van der Waals surface area (Å²) >= 11 is 0. The van der Waals surface area contributed by atoms with Crippen LogP contribution >= 0.6 is 0 Å². The number of rotatable bonds is 5. The van der Waals surface area contributed by atoms with Gasteiger partial charge in [0.05, 0.1) is 12.3 Å². The number of benzene rings is 1. The first-order chi connectivity index (χ1) is 10.8. The van der Waals surface area contributed by atoms with Crippen LogP contribution in [0.5, 0.6) is 0 Å². The molecule has 1 aromatic rings. The molecule has 1 aliphatic heterocycles. The minimum atomic E-state index is -3.31. The van der Waals surface area contributed by atoms with E-state index in [1.807, 2.05) is 0 Å². The molecule has 2 rings (SSSR count). The van der Waals surface area contributed by atoms with Crippen molar-refractivity contribution < 1.29 is 13.2 Å². The van der Waals surface area contributed by atoms with E-state index in [0.717, 1.165) is 12.8 Å². The zero-order valence-corrected chi connectivity index (χ0v) is 14.9. The van der Waals surface area contributed by atoms with E-state index in [-0.39, 0.29) is 18.2 Å². The maximum atomic E-state index is 12.1. The topological polar surface area (TPSA) is 66.5 Å². The lowest BCUT2D eigenvalue weighted by atomic mass is 9.86. The van der Waals surface area contributed by atoms with Gasteiger partial charge in [-0.15, -0.1) is 0 Å². The van der Waals surface area contributed by atoms with E-state index in [4.69, 9.17) is 0 Å². The normalized spacial score (nSPS) is 16.6. The Morgan fingerprint density at radius 2 is 1.91 bits per heavy atom. The van der Waals surface area contributed by atoms with Crippen molar-refractivity contribution in [2.45, 2.75) is 39.5 Å². The molecule has 5 nitrogen and oxygen atoms in total. The Kier molecular flexibility index (Phi) is 5.81. The predicted octanol–water partition coefficient (Wildman–Crippen LogP) is 1.95. The lowest BCUT2D eigenvalue weighted by Gasteiger charge is -2.33. The fourth-order valence-corrected chi connectivity index (χ4v) is 3.57. The molecule has 128 valence electrons. The van der Waals surface area contributed by atoms with E-state index in [0.29, 0.717) is 19.0 Å². The largest absolute Gasteiger partial charge is 0.342 e. The Balaban J connectivity index is 1.91. The fraction of sp³-hybridized carbons (Fsp3) is 0.588. The Labute approximate surface area is 139 Å². The van der Waals surface area contributed by atoms with Crippen LogP contribution in [0.3, 0.4) is 0 Å². The minimum Gasteiger partial charge on any atom is -0.342 e. The lowest BCUT2D eigenvalue weighted by molar-refractivity contribution is -0.130. The zero-order chi connectivity index (χ0) is 17.0. The van der Waals surface area contributed by atoms with Gasteiger partial charge in [-0.1, -0.05) is 23.8 Å².